The van der Waals surface area contributed by atoms with Crippen molar-refractivity contribution in [3.05, 3.63) is 29.3 Å². The first-order chi connectivity index (χ1) is 14.0. The maximum atomic E-state index is 12.3. The molecule has 0 radical (unpaired) electrons. The van der Waals surface area contributed by atoms with E-state index in [-0.39, 0.29) is 18.3 Å². The van der Waals surface area contributed by atoms with Crippen molar-refractivity contribution in [3.63, 3.8) is 0 Å². The average molecular weight is 418 g/mol. The Bertz CT molecular complexity index is 846. The van der Waals surface area contributed by atoms with Gasteiger partial charge in [-0.05, 0) is 54.3 Å². The number of likely N-dealkylation sites (tertiary alicyclic amines) is 1. The third-order valence-corrected chi connectivity index (χ3v) is 5.81. The molecule has 0 unspecified atom stereocenters. The molecule has 1 fully saturated rings. The van der Waals surface area contributed by atoms with Crippen LogP contribution in [0.15, 0.2) is 23.4 Å². The highest BCUT2D eigenvalue weighted by Gasteiger charge is 2.18. The summed E-state index contributed by atoms with van der Waals surface area (Å²) in [6.07, 6.45) is 5.55. The van der Waals surface area contributed by atoms with Crippen LogP contribution >= 0.6 is 11.8 Å². The number of carbonyl (C=O) groups is 2. The number of hydrogen-bond acceptors (Lipinski definition) is 7. The van der Waals surface area contributed by atoms with Crippen molar-refractivity contribution in [2.24, 2.45) is 0 Å². The monoisotopic (exact) mass is 417 g/mol. The van der Waals surface area contributed by atoms with Gasteiger partial charge in [0, 0.05) is 13.1 Å². The van der Waals surface area contributed by atoms with Crippen LogP contribution in [0.25, 0.3) is 5.69 Å². The maximum Gasteiger partial charge on any atom is 0.316 e. The lowest BCUT2D eigenvalue weighted by molar-refractivity contribution is -0.150. The number of aryl methyl sites for hydroxylation is 2. The first kappa shape index (κ1) is 21.3. The van der Waals surface area contributed by atoms with Crippen LogP contribution in [0.3, 0.4) is 0 Å². The Hall–Kier alpha value is -2.42. The molecule has 8 nitrogen and oxygen atoms in total. The summed E-state index contributed by atoms with van der Waals surface area (Å²) in [6, 6.07) is 6.03. The highest BCUT2D eigenvalue weighted by molar-refractivity contribution is 7.99. The zero-order valence-electron chi connectivity index (χ0n) is 17.0. The Morgan fingerprint density at radius 2 is 1.83 bits per heavy atom. The topological polar surface area (TPSA) is 90.2 Å². The fourth-order valence-electron chi connectivity index (χ4n) is 3.26. The quantitative estimate of drug-likeness (QED) is 0.527. The van der Waals surface area contributed by atoms with Crippen molar-refractivity contribution in [1.29, 1.82) is 0 Å². The van der Waals surface area contributed by atoms with Crippen molar-refractivity contribution < 1.29 is 14.3 Å². The van der Waals surface area contributed by atoms with Gasteiger partial charge in [0.2, 0.25) is 5.16 Å². The van der Waals surface area contributed by atoms with E-state index in [0.717, 1.165) is 55.6 Å². The Balaban J connectivity index is 1.51. The SMILES string of the molecule is Cc1ccc(C)c(-n2nnnc2SCC(=O)OCC(=O)N2CCCCCCC2)c1. The molecule has 1 aromatic heterocycles. The molecule has 0 spiro atoms. The van der Waals surface area contributed by atoms with Gasteiger partial charge in [-0.25, -0.2) is 0 Å². The summed E-state index contributed by atoms with van der Waals surface area (Å²) in [5.74, 6) is -0.533. The third kappa shape index (κ3) is 6.03. The molecule has 2 aromatic rings. The molecule has 1 aliphatic rings. The number of amides is 1. The summed E-state index contributed by atoms with van der Waals surface area (Å²) in [5.41, 5.74) is 3.00. The van der Waals surface area contributed by atoms with Crippen molar-refractivity contribution in [1.82, 2.24) is 25.1 Å². The Morgan fingerprint density at radius 3 is 2.59 bits per heavy atom. The van der Waals surface area contributed by atoms with Crippen LogP contribution in [0.2, 0.25) is 0 Å². The number of aromatic nitrogens is 4. The molecule has 0 saturated carbocycles. The summed E-state index contributed by atoms with van der Waals surface area (Å²) in [4.78, 5) is 26.2. The zero-order chi connectivity index (χ0) is 20.6. The molecular formula is C20H27N5O3S. The summed E-state index contributed by atoms with van der Waals surface area (Å²) in [7, 11) is 0. The average Bonchev–Trinajstić information content (AvgIpc) is 3.14. The molecule has 1 saturated heterocycles. The highest BCUT2D eigenvalue weighted by atomic mass is 32.2. The molecule has 0 aliphatic carbocycles. The normalized spacial score (nSPS) is 14.9. The van der Waals surface area contributed by atoms with E-state index in [4.69, 9.17) is 4.74 Å². The number of nitrogens with zero attached hydrogens (tertiary/aromatic N) is 5. The van der Waals surface area contributed by atoms with Gasteiger partial charge >= 0.3 is 5.97 Å². The lowest BCUT2D eigenvalue weighted by Crippen LogP contribution is -2.37. The second kappa shape index (κ2) is 10.4. The van der Waals surface area contributed by atoms with Gasteiger partial charge in [-0.3, -0.25) is 9.59 Å². The molecule has 29 heavy (non-hydrogen) atoms. The van der Waals surface area contributed by atoms with E-state index >= 15 is 0 Å². The number of tetrazole rings is 1. The van der Waals surface area contributed by atoms with E-state index < -0.39 is 5.97 Å². The number of benzene rings is 1. The smallest absolute Gasteiger partial charge is 0.316 e. The predicted molar refractivity (Wildman–Crippen MR) is 110 cm³/mol. The summed E-state index contributed by atoms with van der Waals surface area (Å²) in [6.45, 7) is 5.27. The van der Waals surface area contributed by atoms with Gasteiger partial charge in [0.15, 0.2) is 6.61 Å². The molecule has 0 bridgehead atoms. The molecule has 1 aromatic carbocycles. The molecule has 3 rings (SSSR count). The lowest BCUT2D eigenvalue weighted by Gasteiger charge is -2.24. The molecule has 156 valence electrons. The number of esters is 1. The second-order valence-corrected chi connectivity index (χ2v) is 8.20. The Morgan fingerprint density at radius 1 is 1.10 bits per heavy atom. The molecule has 0 atom stereocenters. The molecule has 1 amide bonds. The first-order valence-electron chi connectivity index (χ1n) is 9.97. The summed E-state index contributed by atoms with van der Waals surface area (Å²) < 4.78 is 6.80. The van der Waals surface area contributed by atoms with Crippen molar-refractivity contribution in [3.8, 4) is 5.69 Å². The number of carbonyl (C=O) groups excluding carboxylic acids is 2. The van der Waals surface area contributed by atoms with E-state index in [0.29, 0.717) is 5.16 Å². The van der Waals surface area contributed by atoms with E-state index in [1.54, 1.807) is 9.58 Å². The van der Waals surface area contributed by atoms with Crippen molar-refractivity contribution in [2.45, 2.75) is 51.1 Å². The summed E-state index contributed by atoms with van der Waals surface area (Å²) >= 11 is 1.19. The van der Waals surface area contributed by atoms with Crippen LogP contribution < -0.4 is 0 Å². The van der Waals surface area contributed by atoms with Gasteiger partial charge in [0.05, 0.1) is 11.4 Å². The van der Waals surface area contributed by atoms with Crippen LogP contribution in [0.4, 0.5) is 0 Å². The fourth-order valence-corrected chi connectivity index (χ4v) is 3.94. The minimum Gasteiger partial charge on any atom is -0.455 e. The van der Waals surface area contributed by atoms with Crippen LogP contribution in [0.5, 0.6) is 0 Å². The van der Waals surface area contributed by atoms with E-state index in [1.165, 1.54) is 18.2 Å². The van der Waals surface area contributed by atoms with Crippen LogP contribution in [-0.4, -0.2) is 62.4 Å². The standard InChI is InChI=1S/C20H27N5O3S/c1-15-8-9-16(2)17(12-15)25-20(21-22-23-25)29-14-19(27)28-13-18(26)24-10-6-4-3-5-7-11-24/h8-9,12H,3-7,10-11,13-14H2,1-2H3. The van der Waals surface area contributed by atoms with Gasteiger partial charge in [-0.2, -0.15) is 4.68 Å². The van der Waals surface area contributed by atoms with Crippen LogP contribution in [0, 0.1) is 13.8 Å². The Labute approximate surface area is 175 Å². The fraction of sp³-hybridized carbons (Fsp3) is 0.550. The number of rotatable bonds is 6. The number of hydrogen-bond donors (Lipinski definition) is 0. The van der Waals surface area contributed by atoms with Gasteiger partial charge in [0.1, 0.15) is 0 Å². The number of thioether (sulfide) groups is 1. The van der Waals surface area contributed by atoms with Crippen LogP contribution in [-0.2, 0) is 14.3 Å². The molecule has 9 heteroatoms. The van der Waals surface area contributed by atoms with Gasteiger partial charge < -0.3 is 9.64 Å². The minimum atomic E-state index is -0.453. The second-order valence-electron chi connectivity index (χ2n) is 7.26. The van der Waals surface area contributed by atoms with Gasteiger partial charge in [-0.1, -0.05) is 43.2 Å². The highest BCUT2D eigenvalue weighted by Crippen LogP contribution is 2.21. The molecule has 2 heterocycles. The van der Waals surface area contributed by atoms with Crippen molar-refractivity contribution >= 4 is 23.6 Å². The van der Waals surface area contributed by atoms with E-state index in [1.807, 2.05) is 32.0 Å². The predicted octanol–water partition coefficient (Wildman–Crippen LogP) is 2.71. The molecule has 0 N–H and O–H groups in total. The Kier molecular flexibility index (Phi) is 7.62. The lowest BCUT2D eigenvalue weighted by atomic mass is 10.1. The van der Waals surface area contributed by atoms with E-state index in [9.17, 15) is 9.59 Å². The maximum absolute atomic E-state index is 12.3. The molecule has 1 aliphatic heterocycles. The minimum absolute atomic E-state index is 0.0402. The van der Waals surface area contributed by atoms with Gasteiger partial charge in [0.25, 0.3) is 5.91 Å². The third-order valence-electron chi connectivity index (χ3n) is 4.92. The number of ether oxygens (including phenoxy) is 1. The first-order valence-corrected chi connectivity index (χ1v) is 11.0. The van der Waals surface area contributed by atoms with E-state index in [2.05, 4.69) is 15.5 Å². The molecular weight excluding hydrogens is 390 g/mol. The summed E-state index contributed by atoms with van der Waals surface area (Å²) in [5, 5.41) is 12.3. The zero-order valence-corrected chi connectivity index (χ0v) is 17.8. The van der Waals surface area contributed by atoms with Crippen molar-refractivity contribution in [2.75, 3.05) is 25.4 Å². The van der Waals surface area contributed by atoms with Crippen LogP contribution in [0.1, 0.15) is 43.2 Å². The van der Waals surface area contributed by atoms with Gasteiger partial charge in [-0.15, -0.1) is 5.10 Å². The largest absolute Gasteiger partial charge is 0.455 e.